The maximum atomic E-state index is 12.8. The largest absolute Gasteiger partial charge is 0.462 e. The van der Waals surface area contributed by atoms with Crippen LogP contribution in [-0.2, 0) is 14.3 Å². The molecule has 5 atom stereocenters. The molecule has 2 amide bonds. The van der Waals surface area contributed by atoms with Crippen molar-refractivity contribution in [3.63, 3.8) is 0 Å². The van der Waals surface area contributed by atoms with Gasteiger partial charge in [-0.25, -0.2) is 0 Å². The van der Waals surface area contributed by atoms with Crippen LogP contribution >= 0.6 is 11.6 Å². The average Bonchev–Trinajstić information content (AvgIpc) is 3.33. The number of hydrogen-bond acceptors (Lipinski definition) is 4. The van der Waals surface area contributed by atoms with Gasteiger partial charge in [0, 0.05) is 27.9 Å². The van der Waals surface area contributed by atoms with Crippen LogP contribution in [0.1, 0.15) is 23.2 Å². The fourth-order valence-electron chi connectivity index (χ4n) is 5.03. The fourth-order valence-corrected chi connectivity index (χ4v) is 5.16. The minimum atomic E-state index is -0.320. The highest BCUT2D eigenvalue weighted by molar-refractivity contribution is 6.30. The Morgan fingerprint density at radius 1 is 0.931 bits per heavy atom. The number of amides is 2. The Balaban J connectivity index is 1.24. The van der Waals surface area contributed by atoms with Crippen molar-refractivity contribution in [2.45, 2.75) is 18.9 Å². The maximum Gasteiger partial charge on any atom is 0.310 e. The Morgan fingerprint density at radius 3 is 2.31 bits per heavy atom. The fraction of sp³-hybridized carbons (Fsp3) is 0.318. The van der Waals surface area contributed by atoms with Crippen molar-refractivity contribution in [1.29, 1.82) is 0 Å². The molecule has 29 heavy (non-hydrogen) atoms. The number of ether oxygens (including phenoxy) is 1. The van der Waals surface area contributed by atoms with Crippen molar-refractivity contribution in [1.82, 2.24) is 0 Å². The summed E-state index contributed by atoms with van der Waals surface area (Å²) in [6, 6.07) is 13.5. The molecule has 0 aromatic heterocycles. The molecule has 0 unspecified atom stereocenters. The second-order valence-electron chi connectivity index (χ2n) is 7.95. The third-order valence-corrected chi connectivity index (χ3v) is 6.55. The van der Waals surface area contributed by atoms with Crippen molar-refractivity contribution in [2.24, 2.45) is 23.7 Å². The molecular formula is C22H19ClN2O4. The van der Waals surface area contributed by atoms with Crippen molar-refractivity contribution < 1.29 is 19.1 Å². The second kappa shape index (κ2) is 6.88. The number of fused-ring (bicyclic) bond motifs is 1. The number of esters is 1. The molecule has 3 fully saturated rings. The van der Waals surface area contributed by atoms with Crippen molar-refractivity contribution in [3.8, 4) is 0 Å². The third-order valence-electron chi connectivity index (χ3n) is 6.30. The van der Waals surface area contributed by atoms with Gasteiger partial charge in [0.05, 0.1) is 11.8 Å². The smallest absolute Gasteiger partial charge is 0.310 e. The third kappa shape index (κ3) is 3.17. The van der Waals surface area contributed by atoms with E-state index in [0.717, 1.165) is 12.8 Å². The van der Waals surface area contributed by atoms with Crippen molar-refractivity contribution >= 4 is 40.8 Å². The molecule has 5 rings (SSSR count). The number of carbonyl (C=O) groups excluding carboxylic acids is 3. The van der Waals surface area contributed by atoms with Gasteiger partial charge in [-0.3, -0.25) is 14.4 Å². The Labute approximate surface area is 172 Å². The highest BCUT2D eigenvalue weighted by Crippen LogP contribution is 2.57. The van der Waals surface area contributed by atoms with Gasteiger partial charge in [0.15, 0.2) is 0 Å². The van der Waals surface area contributed by atoms with E-state index in [9.17, 15) is 14.4 Å². The van der Waals surface area contributed by atoms with Crippen LogP contribution < -0.4 is 10.6 Å². The van der Waals surface area contributed by atoms with E-state index in [1.807, 2.05) is 0 Å². The summed E-state index contributed by atoms with van der Waals surface area (Å²) >= 11 is 5.85. The summed E-state index contributed by atoms with van der Waals surface area (Å²) in [6.45, 7) is 0. The summed E-state index contributed by atoms with van der Waals surface area (Å²) in [7, 11) is 0. The predicted octanol–water partition coefficient (Wildman–Crippen LogP) is 3.73. The number of halogens is 1. The summed E-state index contributed by atoms with van der Waals surface area (Å²) in [5.41, 5.74) is 1.72. The van der Waals surface area contributed by atoms with Crippen molar-refractivity contribution in [3.05, 3.63) is 59.1 Å². The van der Waals surface area contributed by atoms with Gasteiger partial charge in [-0.2, -0.15) is 0 Å². The number of rotatable bonds is 4. The minimum Gasteiger partial charge on any atom is -0.462 e. The molecule has 7 heteroatoms. The van der Waals surface area contributed by atoms with E-state index in [4.69, 9.17) is 16.3 Å². The van der Waals surface area contributed by atoms with Gasteiger partial charge >= 0.3 is 5.97 Å². The monoisotopic (exact) mass is 410 g/mol. The molecule has 148 valence electrons. The summed E-state index contributed by atoms with van der Waals surface area (Å²) in [6.07, 6.45) is 1.69. The highest BCUT2D eigenvalue weighted by atomic mass is 35.5. The lowest BCUT2D eigenvalue weighted by molar-refractivity contribution is -0.145. The molecule has 3 aliphatic rings. The quantitative estimate of drug-likeness (QED) is 0.752. The van der Waals surface area contributed by atoms with Gasteiger partial charge < -0.3 is 15.4 Å². The number of hydrogen-bond donors (Lipinski definition) is 2. The van der Waals surface area contributed by atoms with E-state index in [0.29, 0.717) is 22.0 Å². The molecule has 2 aromatic rings. The number of anilines is 2. The van der Waals surface area contributed by atoms with Crippen LogP contribution in [0.2, 0.25) is 5.02 Å². The molecule has 2 aromatic carbocycles. The number of benzene rings is 2. The first kappa shape index (κ1) is 18.2. The lowest BCUT2D eigenvalue weighted by Crippen LogP contribution is -2.35. The standard InChI is InChI=1S/C22H19ClN2O4/c23-13-3-7-15(8-4-13)24-20(26)11-1-5-14(6-2-11)25-21(27)18-12-9-16-17(10-12)29-22(28)19(16)18/h1-8,12,16-19H,9-10H2,(H,24,26)(H,25,27)/t12-,16+,17-,18+,19+/m1/s1. The zero-order valence-electron chi connectivity index (χ0n) is 15.4. The molecule has 2 bridgehead atoms. The molecule has 6 nitrogen and oxygen atoms in total. The van der Waals surface area contributed by atoms with Crippen LogP contribution in [0.4, 0.5) is 11.4 Å². The van der Waals surface area contributed by atoms with Crippen molar-refractivity contribution in [2.75, 3.05) is 10.6 Å². The van der Waals surface area contributed by atoms with E-state index in [1.54, 1.807) is 48.5 Å². The number of nitrogens with one attached hydrogen (secondary N) is 2. The van der Waals surface area contributed by atoms with Gasteiger partial charge in [-0.1, -0.05) is 11.6 Å². The molecule has 2 N–H and O–H groups in total. The second-order valence-corrected chi connectivity index (χ2v) is 8.39. The summed E-state index contributed by atoms with van der Waals surface area (Å²) in [4.78, 5) is 37.3. The van der Waals surface area contributed by atoms with E-state index < -0.39 is 0 Å². The Hall–Kier alpha value is -2.86. The summed E-state index contributed by atoms with van der Waals surface area (Å²) in [5, 5.41) is 6.29. The SMILES string of the molecule is O=C(Nc1ccc(Cl)cc1)c1ccc(NC(=O)[C@H]2[C@@H]3C[C@@H]4[C@@H]2C(=O)O[C@@H]4C3)cc1. The van der Waals surface area contributed by atoms with Gasteiger partial charge in [-0.15, -0.1) is 0 Å². The Bertz CT molecular complexity index is 987. The predicted molar refractivity (Wildman–Crippen MR) is 108 cm³/mol. The lowest BCUT2D eigenvalue weighted by Gasteiger charge is -2.23. The van der Waals surface area contributed by atoms with Crippen LogP contribution in [0, 0.1) is 23.7 Å². The average molecular weight is 411 g/mol. The summed E-state index contributed by atoms with van der Waals surface area (Å²) in [5.74, 6) is -0.832. The van der Waals surface area contributed by atoms with E-state index >= 15 is 0 Å². The van der Waals surface area contributed by atoms with Crippen LogP contribution in [-0.4, -0.2) is 23.9 Å². The molecule has 0 spiro atoms. The van der Waals surface area contributed by atoms with Gasteiger partial charge in [0.1, 0.15) is 6.10 Å². The Kier molecular flexibility index (Phi) is 4.32. The highest BCUT2D eigenvalue weighted by Gasteiger charge is 2.63. The first-order valence-electron chi connectivity index (χ1n) is 9.68. The minimum absolute atomic E-state index is 0.0139. The lowest BCUT2D eigenvalue weighted by atomic mass is 9.79. The van der Waals surface area contributed by atoms with E-state index in [1.165, 1.54) is 0 Å². The van der Waals surface area contributed by atoms with Gasteiger partial charge in [-0.05, 0) is 67.3 Å². The Morgan fingerprint density at radius 2 is 1.59 bits per heavy atom. The first-order valence-corrected chi connectivity index (χ1v) is 10.1. The number of carbonyl (C=O) groups is 3. The molecular weight excluding hydrogens is 392 g/mol. The van der Waals surface area contributed by atoms with E-state index in [-0.39, 0.29) is 47.6 Å². The van der Waals surface area contributed by atoms with Crippen LogP contribution in [0.15, 0.2) is 48.5 Å². The zero-order valence-corrected chi connectivity index (χ0v) is 16.2. The molecule has 1 aliphatic heterocycles. The van der Waals surface area contributed by atoms with Crippen LogP contribution in [0.25, 0.3) is 0 Å². The zero-order chi connectivity index (χ0) is 20.1. The molecule has 0 radical (unpaired) electrons. The molecule has 2 saturated carbocycles. The topological polar surface area (TPSA) is 84.5 Å². The molecule has 1 heterocycles. The maximum absolute atomic E-state index is 12.8. The first-order chi connectivity index (χ1) is 14.0. The van der Waals surface area contributed by atoms with Gasteiger partial charge in [0.25, 0.3) is 5.91 Å². The van der Waals surface area contributed by atoms with Gasteiger partial charge in [0.2, 0.25) is 5.91 Å². The van der Waals surface area contributed by atoms with E-state index in [2.05, 4.69) is 10.6 Å². The van der Waals surface area contributed by atoms with Crippen LogP contribution in [0.3, 0.4) is 0 Å². The molecule has 1 saturated heterocycles. The normalized spacial score (nSPS) is 28.9. The summed E-state index contributed by atoms with van der Waals surface area (Å²) < 4.78 is 5.40. The van der Waals surface area contributed by atoms with Crippen LogP contribution in [0.5, 0.6) is 0 Å². The molecule has 2 aliphatic carbocycles.